The van der Waals surface area contributed by atoms with E-state index in [4.69, 9.17) is 4.52 Å². The van der Waals surface area contributed by atoms with Gasteiger partial charge in [0.2, 0.25) is 5.89 Å². The standard InChI is InChI=1S/C16H23N3OS/c1-5-17-13(4)12(3)16-18-15(19-20-16)10-21-14-9-7-6-8-11(14)2/h6-9,12-13,17H,5,10H2,1-4H3. The summed E-state index contributed by atoms with van der Waals surface area (Å²) in [5, 5.41) is 7.48. The van der Waals surface area contributed by atoms with E-state index in [0.29, 0.717) is 11.9 Å². The average molecular weight is 305 g/mol. The summed E-state index contributed by atoms with van der Waals surface area (Å²) in [6.07, 6.45) is 0. The third-order valence-electron chi connectivity index (χ3n) is 3.60. The Morgan fingerprint density at radius 2 is 2.05 bits per heavy atom. The van der Waals surface area contributed by atoms with Gasteiger partial charge in [0.15, 0.2) is 5.82 Å². The van der Waals surface area contributed by atoms with Crippen LogP contribution >= 0.6 is 11.8 Å². The number of hydrogen-bond acceptors (Lipinski definition) is 5. The number of likely N-dealkylation sites (N-methyl/N-ethyl adjacent to an activating group) is 1. The first kappa shape index (κ1) is 16.0. The first-order chi connectivity index (χ1) is 10.1. The number of aryl methyl sites for hydroxylation is 1. The molecule has 0 saturated carbocycles. The fourth-order valence-electron chi connectivity index (χ4n) is 2.08. The second kappa shape index (κ2) is 7.61. The Hall–Kier alpha value is -1.33. The highest BCUT2D eigenvalue weighted by Gasteiger charge is 2.20. The first-order valence-corrected chi connectivity index (χ1v) is 8.34. The summed E-state index contributed by atoms with van der Waals surface area (Å²) in [7, 11) is 0. The van der Waals surface area contributed by atoms with Crippen molar-refractivity contribution in [1.29, 1.82) is 0 Å². The number of aromatic nitrogens is 2. The fourth-order valence-corrected chi connectivity index (χ4v) is 2.96. The van der Waals surface area contributed by atoms with E-state index in [1.165, 1.54) is 10.5 Å². The topological polar surface area (TPSA) is 51.0 Å². The molecule has 114 valence electrons. The molecule has 0 fully saturated rings. The summed E-state index contributed by atoms with van der Waals surface area (Å²) in [6, 6.07) is 8.67. The maximum atomic E-state index is 5.40. The van der Waals surface area contributed by atoms with Gasteiger partial charge in [-0.3, -0.25) is 0 Å². The minimum absolute atomic E-state index is 0.217. The van der Waals surface area contributed by atoms with Crippen molar-refractivity contribution in [3.63, 3.8) is 0 Å². The highest BCUT2D eigenvalue weighted by Crippen LogP contribution is 2.25. The average Bonchev–Trinajstić information content (AvgIpc) is 2.95. The van der Waals surface area contributed by atoms with E-state index in [2.05, 4.69) is 67.4 Å². The largest absolute Gasteiger partial charge is 0.339 e. The third-order valence-corrected chi connectivity index (χ3v) is 4.77. The summed E-state index contributed by atoms with van der Waals surface area (Å²) in [5.41, 5.74) is 1.28. The van der Waals surface area contributed by atoms with Gasteiger partial charge in [0, 0.05) is 10.9 Å². The Balaban J connectivity index is 1.96. The van der Waals surface area contributed by atoms with Crippen molar-refractivity contribution in [1.82, 2.24) is 15.5 Å². The van der Waals surface area contributed by atoms with Crippen LogP contribution in [-0.2, 0) is 5.75 Å². The van der Waals surface area contributed by atoms with Crippen LogP contribution in [0.4, 0.5) is 0 Å². The van der Waals surface area contributed by atoms with E-state index < -0.39 is 0 Å². The Labute approximate surface area is 130 Å². The van der Waals surface area contributed by atoms with Crippen molar-refractivity contribution in [2.45, 2.75) is 50.3 Å². The first-order valence-electron chi connectivity index (χ1n) is 7.36. The molecule has 0 radical (unpaired) electrons. The van der Waals surface area contributed by atoms with Gasteiger partial charge in [-0.25, -0.2) is 0 Å². The fraction of sp³-hybridized carbons (Fsp3) is 0.500. The Morgan fingerprint density at radius 1 is 1.29 bits per heavy atom. The van der Waals surface area contributed by atoms with Crippen LogP contribution in [0.15, 0.2) is 33.7 Å². The maximum Gasteiger partial charge on any atom is 0.231 e. The van der Waals surface area contributed by atoms with E-state index >= 15 is 0 Å². The maximum absolute atomic E-state index is 5.40. The molecule has 1 aromatic heterocycles. The van der Waals surface area contributed by atoms with Crippen LogP contribution in [0.2, 0.25) is 0 Å². The van der Waals surface area contributed by atoms with Gasteiger partial charge >= 0.3 is 0 Å². The lowest BCUT2D eigenvalue weighted by Gasteiger charge is -2.16. The molecule has 5 heteroatoms. The summed E-state index contributed by atoms with van der Waals surface area (Å²) >= 11 is 1.74. The third kappa shape index (κ3) is 4.32. The van der Waals surface area contributed by atoms with Crippen molar-refractivity contribution in [2.75, 3.05) is 6.54 Å². The number of hydrogen-bond donors (Lipinski definition) is 1. The molecule has 2 rings (SSSR count). The van der Waals surface area contributed by atoms with Crippen LogP contribution in [0, 0.1) is 6.92 Å². The van der Waals surface area contributed by atoms with E-state index in [1.54, 1.807) is 11.8 Å². The molecule has 0 amide bonds. The number of thioether (sulfide) groups is 1. The Morgan fingerprint density at radius 3 is 2.76 bits per heavy atom. The SMILES string of the molecule is CCNC(C)C(C)c1nc(CSc2ccccc2C)no1. The number of rotatable bonds is 7. The normalized spacial score (nSPS) is 14.1. The molecule has 2 atom stereocenters. The van der Waals surface area contributed by atoms with Crippen molar-refractivity contribution >= 4 is 11.8 Å². The molecule has 1 heterocycles. The van der Waals surface area contributed by atoms with Gasteiger partial charge in [-0.05, 0) is 32.0 Å². The Kier molecular flexibility index (Phi) is 5.82. The van der Waals surface area contributed by atoms with Crippen LogP contribution in [0.5, 0.6) is 0 Å². The highest BCUT2D eigenvalue weighted by atomic mass is 32.2. The minimum atomic E-state index is 0.217. The summed E-state index contributed by atoms with van der Waals surface area (Å²) in [4.78, 5) is 5.78. The van der Waals surface area contributed by atoms with Crippen LogP contribution in [-0.4, -0.2) is 22.7 Å². The van der Waals surface area contributed by atoms with E-state index in [1.807, 2.05) is 0 Å². The van der Waals surface area contributed by atoms with Crippen LogP contribution < -0.4 is 5.32 Å². The van der Waals surface area contributed by atoms with Crippen molar-refractivity contribution in [3.05, 3.63) is 41.5 Å². The van der Waals surface area contributed by atoms with Gasteiger partial charge in [-0.15, -0.1) is 11.8 Å². The molecule has 1 N–H and O–H groups in total. The predicted molar refractivity (Wildman–Crippen MR) is 86.6 cm³/mol. The zero-order valence-corrected chi connectivity index (χ0v) is 13.9. The van der Waals surface area contributed by atoms with Crippen molar-refractivity contribution in [3.8, 4) is 0 Å². The molecular formula is C16H23N3OS. The van der Waals surface area contributed by atoms with Crippen molar-refractivity contribution < 1.29 is 4.52 Å². The molecule has 0 bridgehead atoms. The number of benzene rings is 1. The quantitative estimate of drug-likeness (QED) is 0.789. The lowest BCUT2D eigenvalue weighted by atomic mass is 10.0. The zero-order valence-electron chi connectivity index (χ0n) is 13.1. The van der Waals surface area contributed by atoms with Crippen LogP contribution in [0.25, 0.3) is 0 Å². The van der Waals surface area contributed by atoms with Crippen molar-refractivity contribution in [2.24, 2.45) is 0 Å². The molecule has 0 aliphatic carbocycles. The predicted octanol–water partition coefficient (Wildman–Crippen LogP) is 3.77. The molecule has 0 aliphatic heterocycles. The zero-order chi connectivity index (χ0) is 15.2. The molecule has 4 nitrogen and oxygen atoms in total. The monoisotopic (exact) mass is 305 g/mol. The van der Waals surface area contributed by atoms with E-state index in [9.17, 15) is 0 Å². The van der Waals surface area contributed by atoms with Crippen LogP contribution in [0.3, 0.4) is 0 Å². The lowest BCUT2D eigenvalue weighted by Crippen LogP contribution is -2.30. The second-order valence-electron chi connectivity index (χ2n) is 5.24. The molecule has 0 saturated heterocycles. The summed E-state index contributed by atoms with van der Waals surface area (Å²) < 4.78 is 5.40. The minimum Gasteiger partial charge on any atom is -0.339 e. The van der Waals surface area contributed by atoms with E-state index in [0.717, 1.165) is 18.1 Å². The summed E-state index contributed by atoms with van der Waals surface area (Å²) in [6.45, 7) is 9.40. The lowest BCUT2D eigenvalue weighted by molar-refractivity contribution is 0.330. The molecule has 0 aliphatic rings. The van der Waals surface area contributed by atoms with Gasteiger partial charge in [-0.1, -0.05) is 37.2 Å². The number of nitrogens with zero attached hydrogens (tertiary/aromatic N) is 2. The van der Waals surface area contributed by atoms with Gasteiger partial charge < -0.3 is 9.84 Å². The summed E-state index contributed by atoms with van der Waals surface area (Å²) in [5.74, 6) is 2.42. The molecule has 2 aromatic rings. The molecule has 21 heavy (non-hydrogen) atoms. The smallest absolute Gasteiger partial charge is 0.231 e. The van der Waals surface area contributed by atoms with E-state index in [-0.39, 0.29) is 5.92 Å². The molecule has 1 aromatic carbocycles. The van der Waals surface area contributed by atoms with Crippen LogP contribution in [0.1, 0.15) is 44.0 Å². The van der Waals surface area contributed by atoms with Gasteiger partial charge in [0.05, 0.1) is 11.7 Å². The van der Waals surface area contributed by atoms with Gasteiger partial charge in [-0.2, -0.15) is 4.98 Å². The molecule has 2 unspecified atom stereocenters. The van der Waals surface area contributed by atoms with Gasteiger partial charge in [0.1, 0.15) is 0 Å². The van der Waals surface area contributed by atoms with Gasteiger partial charge in [0.25, 0.3) is 0 Å². The highest BCUT2D eigenvalue weighted by molar-refractivity contribution is 7.98. The number of nitrogens with one attached hydrogen (secondary N) is 1. The molecule has 0 spiro atoms. The molecular weight excluding hydrogens is 282 g/mol. The second-order valence-corrected chi connectivity index (χ2v) is 6.26. The Bertz CT molecular complexity index is 570.